The number of nitrogens with one attached hydrogen (secondary N) is 3. The molecule has 0 spiro atoms. The summed E-state index contributed by atoms with van der Waals surface area (Å²) in [5.41, 5.74) is 2.53. The Morgan fingerprint density at radius 1 is 0.560 bits per heavy atom. The van der Waals surface area contributed by atoms with Gasteiger partial charge in [0.05, 0.1) is 46.6 Å². The second-order valence-corrected chi connectivity index (χ2v) is 10.8. The molecule has 0 aliphatic carbocycles. The number of esters is 2. The molecule has 14 nitrogen and oxygen atoms in total. The van der Waals surface area contributed by atoms with E-state index in [0.717, 1.165) is 22.4 Å². The highest BCUT2D eigenvalue weighted by Gasteiger charge is 2.17. The first-order valence-electron chi connectivity index (χ1n) is 16.2. The van der Waals surface area contributed by atoms with Crippen LogP contribution in [0.25, 0.3) is 0 Å². The Morgan fingerprint density at radius 2 is 1.04 bits per heavy atom. The predicted molar refractivity (Wildman–Crippen MR) is 183 cm³/mol. The van der Waals surface area contributed by atoms with E-state index in [1.54, 1.807) is 24.1 Å². The van der Waals surface area contributed by atoms with E-state index < -0.39 is 24.1 Å². The molecule has 3 aromatic carbocycles. The first-order valence-corrected chi connectivity index (χ1v) is 16.2. The molecule has 0 fully saturated rings. The molecule has 0 aliphatic heterocycles. The molecular weight excluding hydrogens is 648 g/mol. The van der Waals surface area contributed by atoms with Crippen molar-refractivity contribution in [3.05, 3.63) is 102 Å². The zero-order valence-electron chi connectivity index (χ0n) is 28.3. The highest BCUT2D eigenvalue weighted by atomic mass is 16.6. The van der Waals surface area contributed by atoms with Gasteiger partial charge in [0.25, 0.3) is 0 Å². The smallest absolute Gasteiger partial charge is 0.407 e. The van der Waals surface area contributed by atoms with Crippen molar-refractivity contribution in [3.8, 4) is 5.75 Å². The number of methoxy groups -OCH3 is 1. The van der Waals surface area contributed by atoms with E-state index in [-0.39, 0.29) is 72.3 Å². The van der Waals surface area contributed by atoms with E-state index in [4.69, 9.17) is 28.4 Å². The molecule has 0 aromatic heterocycles. The van der Waals surface area contributed by atoms with Crippen molar-refractivity contribution < 1.29 is 47.6 Å². The summed E-state index contributed by atoms with van der Waals surface area (Å²) in [7, 11) is 1.58. The number of benzene rings is 3. The van der Waals surface area contributed by atoms with Gasteiger partial charge in [-0.3, -0.25) is 14.5 Å². The van der Waals surface area contributed by atoms with Gasteiger partial charge in [0.2, 0.25) is 0 Å². The Bertz CT molecular complexity index is 1350. The van der Waals surface area contributed by atoms with Crippen molar-refractivity contribution in [2.75, 3.05) is 72.8 Å². The number of ether oxygens (including phenoxy) is 6. The average molecular weight is 695 g/mol. The van der Waals surface area contributed by atoms with Crippen molar-refractivity contribution in [1.82, 2.24) is 20.9 Å². The Labute approximate surface area is 292 Å². The molecule has 0 saturated carbocycles. The quantitative estimate of drug-likeness (QED) is 0.0760. The second kappa shape index (κ2) is 24.0. The zero-order valence-corrected chi connectivity index (χ0v) is 28.3. The topological polar surface area (TPSA) is 163 Å². The van der Waals surface area contributed by atoms with Gasteiger partial charge in [-0.2, -0.15) is 0 Å². The van der Waals surface area contributed by atoms with Crippen LogP contribution in [0.3, 0.4) is 0 Å². The Hall–Kier alpha value is -5.18. The fourth-order valence-corrected chi connectivity index (χ4v) is 4.24. The van der Waals surface area contributed by atoms with Crippen LogP contribution in [-0.4, -0.2) is 102 Å². The van der Waals surface area contributed by atoms with Crippen LogP contribution in [0.4, 0.5) is 9.59 Å². The summed E-state index contributed by atoms with van der Waals surface area (Å²) in [6.45, 7) is 2.14. The van der Waals surface area contributed by atoms with Crippen LogP contribution in [-0.2, 0) is 53.1 Å². The molecule has 0 bridgehead atoms. The number of rotatable bonds is 23. The number of nitrogens with zero attached hydrogens (tertiary/aromatic N) is 1. The van der Waals surface area contributed by atoms with Crippen LogP contribution in [0.15, 0.2) is 84.9 Å². The van der Waals surface area contributed by atoms with E-state index in [2.05, 4.69) is 16.0 Å². The third-order valence-electron chi connectivity index (χ3n) is 6.85. The fourth-order valence-electron chi connectivity index (χ4n) is 4.24. The monoisotopic (exact) mass is 694 g/mol. The van der Waals surface area contributed by atoms with Gasteiger partial charge in [0.15, 0.2) is 0 Å². The zero-order chi connectivity index (χ0) is 35.7. The molecule has 0 atom stereocenters. The molecule has 0 saturated heterocycles. The lowest BCUT2D eigenvalue weighted by Crippen LogP contribution is -2.44. The predicted octanol–water partition coefficient (Wildman–Crippen LogP) is 3.04. The summed E-state index contributed by atoms with van der Waals surface area (Å²) in [6, 6.07) is 25.3. The van der Waals surface area contributed by atoms with Gasteiger partial charge in [-0.25, -0.2) is 9.59 Å². The molecule has 14 heteroatoms. The van der Waals surface area contributed by atoms with Gasteiger partial charge < -0.3 is 44.4 Å². The van der Waals surface area contributed by atoms with E-state index in [0.29, 0.717) is 13.2 Å². The number of urea groups is 1. The maximum Gasteiger partial charge on any atom is 0.407 e. The molecule has 3 aromatic rings. The minimum Gasteiger partial charge on any atom is -0.497 e. The standard InChI is InChI=1S/C36H46N4O10/c1-45-32-14-12-31(13-15-32)28-50-36(44)39-18-21-47-23-22-46-20-17-38-35(43)37-16-19-40(24-33(41)48-26-29-8-4-2-5-9-29)25-34(42)49-27-30-10-6-3-7-11-30/h2-15H,16-28H2,1H3,(H,39,44)(H2,37,38,43). The van der Waals surface area contributed by atoms with Crippen LogP contribution in [0.5, 0.6) is 5.75 Å². The number of hydrogen-bond acceptors (Lipinski definition) is 11. The molecule has 0 aliphatic rings. The third kappa shape index (κ3) is 17.8. The van der Waals surface area contributed by atoms with Crippen LogP contribution in [0, 0.1) is 0 Å². The van der Waals surface area contributed by atoms with Crippen molar-refractivity contribution in [3.63, 3.8) is 0 Å². The lowest BCUT2D eigenvalue weighted by molar-refractivity contribution is -0.150. The summed E-state index contributed by atoms with van der Waals surface area (Å²) < 4.78 is 31.9. The van der Waals surface area contributed by atoms with Crippen molar-refractivity contribution in [1.29, 1.82) is 0 Å². The molecule has 0 radical (unpaired) electrons. The third-order valence-corrected chi connectivity index (χ3v) is 6.85. The van der Waals surface area contributed by atoms with Crippen LogP contribution in [0.2, 0.25) is 0 Å². The van der Waals surface area contributed by atoms with Crippen molar-refractivity contribution >= 4 is 24.1 Å². The number of hydrogen-bond donors (Lipinski definition) is 3. The maximum atomic E-state index is 12.5. The van der Waals surface area contributed by atoms with Gasteiger partial charge in [-0.15, -0.1) is 0 Å². The summed E-state index contributed by atoms with van der Waals surface area (Å²) in [5, 5.41) is 8.00. The molecule has 270 valence electrons. The van der Waals surface area contributed by atoms with Gasteiger partial charge in [-0.05, 0) is 28.8 Å². The summed E-state index contributed by atoms with van der Waals surface area (Å²) in [4.78, 5) is 50.7. The molecule has 50 heavy (non-hydrogen) atoms. The lowest BCUT2D eigenvalue weighted by Gasteiger charge is -2.21. The van der Waals surface area contributed by atoms with Gasteiger partial charge >= 0.3 is 24.1 Å². The second-order valence-electron chi connectivity index (χ2n) is 10.8. The highest BCUT2D eigenvalue weighted by Crippen LogP contribution is 2.12. The average Bonchev–Trinajstić information content (AvgIpc) is 3.14. The number of alkyl carbamates (subject to hydrolysis) is 1. The summed E-state index contributed by atoms with van der Waals surface area (Å²) in [6.07, 6.45) is -0.541. The van der Waals surface area contributed by atoms with Gasteiger partial charge in [-0.1, -0.05) is 72.8 Å². The molecule has 0 unspecified atom stereocenters. The van der Waals surface area contributed by atoms with Crippen LogP contribution in [0.1, 0.15) is 16.7 Å². The first kappa shape index (κ1) is 39.3. The van der Waals surface area contributed by atoms with Crippen LogP contribution < -0.4 is 20.7 Å². The lowest BCUT2D eigenvalue weighted by atomic mass is 10.2. The number of amides is 3. The summed E-state index contributed by atoms with van der Waals surface area (Å²) in [5.74, 6) is -0.283. The number of carbonyl (C=O) groups excluding carboxylic acids is 4. The number of carbonyl (C=O) groups is 4. The Morgan fingerprint density at radius 3 is 1.58 bits per heavy atom. The fraction of sp³-hybridized carbons (Fsp3) is 0.389. The Balaban J connectivity index is 1.22. The molecule has 0 heterocycles. The van der Waals surface area contributed by atoms with E-state index in [1.165, 1.54) is 0 Å². The minimum atomic E-state index is -0.541. The van der Waals surface area contributed by atoms with Gasteiger partial charge in [0.1, 0.15) is 25.6 Å². The van der Waals surface area contributed by atoms with E-state index in [9.17, 15) is 19.2 Å². The normalized spacial score (nSPS) is 10.6. The minimum absolute atomic E-state index is 0.112. The SMILES string of the molecule is COc1ccc(COC(=O)NCCOCCOCCNC(=O)NCCN(CC(=O)OCc2ccccc2)CC(=O)OCc2ccccc2)cc1. The van der Waals surface area contributed by atoms with Gasteiger partial charge in [0, 0.05) is 26.2 Å². The molecule has 3 rings (SSSR count). The first-order chi connectivity index (χ1) is 24.4. The highest BCUT2D eigenvalue weighted by molar-refractivity contribution is 5.75. The molecular formula is C36H46N4O10. The van der Waals surface area contributed by atoms with Crippen molar-refractivity contribution in [2.24, 2.45) is 0 Å². The van der Waals surface area contributed by atoms with E-state index in [1.807, 2.05) is 72.8 Å². The Kier molecular flexibility index (Phi) is 18.9. The molecule has 3 amide bonds. The summed E-state index contributed by atoms with van der Waals surface area (Å²) >= 11 is 0. The maximum absolute atomic E-state index is 12.5. The van der Waals surface area contributed by atoms with Crippen molar-refractivity contribution in [2.45, 2.75) is 19.8 Å². The van der Waals surface area contributed by atoms with Crippen LogP contribution >= 0.6 is 0 Å². The van der Waals surface area contributed by atoms with E-state index >= 15 is 0 Å². The largest absolute Gasteiger partial charge is 0.497 e. The molecule has 3 N–H and O–H groups in total.